The Bertz CT molecular complexity index is 1350. The third-order valence-electron chi connectivity index (χ3n) is 4.73. The number of halogens is 2. The highest BCUT2D eigenvalue weighted by Crippen LogP contribution is 2.19. The van der Waals surface area contributed by atoms with Gasteiger partial charge in [0.1, 0.15) is 0 Å². The van der Waals surface area contributed by atoms with Gasteiger partial charge < -0.3 is 4.74 Å². The Hall–Kier alpha value is -3.92. The van der Waals surface area contributed by atoms with Crippen LogP contribution in [0.25, 0.3) is 10.8 Å². The second-order valence-electron chi connectivity index (χ2n) is 7.04. The molecule has 0 aliphatic heterocycles. The summed E-state index contributed by atoms with van der Waals surface area (Å²) in [5, 5.41) is 1.26. The van der Waals surface area contributed by atoms with Crippen molar-refractivity contribution in [3.63, 3.8) is 0 Å². The Labute approximate surface area is 180 Å². The summed E-state index contributed by atoms with van der Waals surface area (Å²) < 4.78 is 31.9. The first kappa shape index (κ1) is 20.4. The molecule has 0 saturated heterocycles. The summed E-state index contributed by atoms with van der Waals surface area (Å²) in [7, 11) is 1.67. The minimum atomic E-state index is -0.861. The smallest absolute Gasteiger partial charge is 0.159 e. The predicted molar refractivity (Wildman–Crippen MR) is 119 cm³/mol. The number of fused-ring (bicyclic) bond motifs is 1. The monoisotopic (exact) mass is 408 g/mol. The molecule has 0 bridgehead atoms. The van der Waals surface area contributed by atoms with E-state index >= 15 is 0 Å². The fourth-order valence-corrected chi connectivity index (χ4v) is 3.10. The molecule has 1 nitrogen and oxygen atoms in total. The molecule has 0 amide bonds. The maximum Gasteiger partial charge on any atom is 0.159 e. The van der Waals surface area contributed by atoms with Crippen LogP contribution < -0.4 is 0 Å². The summed E-state index contributed by atoms with van der Waals surface area (Å²) in [5.41, 5.74) is 4.53. The van der Waals surface area contributed by atoms with Crippen LogP contribution in [0.1, 0.15) is 27.8 Å². The van der Waals surface area contributed by atoms with Gasteiger partial charge in [-0.3, -0.25) is 0 Å². The molecule has 3 heteroatoms. The van der Waals surface area contributed by atoms with Gasteiger partial charge in [0.25, 0.3) is 0 Å². The average molecular weight is 408 g/mol. The Morgan fingerprint density at radius 3 is 1.58 bits per heavy atom. The maximum atomic E-state index is 13.5. The van der Waals surface area contributed by atoms with Crippen molar-refractivity contribution in [2.24, 2.45) is 0 Å². The van der Waals surface area contributed by atoms with Crippen molar-refractivity contribution in [3.8, 4) is 23.7 Å². The third kappa shape index (κ3) is 5.17. The topological polar surface area (TPSA) is 9.23 Å². The fourth-order valence-electron chi connectivity index (χ4n) is 3.10. The Morgan fingerprint density at radius 2 is 1.03 bits per heavy atom. The molecular weight excluding hydrogens is 390 g/mol. The molecule has 0 aromatic heterocycles. The molecule has 31 heavy (non-hydrogen) atoms. The van der Waals surface area contributed by atoms with Crippen LogP contribution in [-0.4, -0.2) is 7.11 Å². The summed E-state index contributed by atoms with van der Waals surface area (Å²) in [6, 6.07) is 23.3. The number of hydrogen-bond donors (Lipinski definition) is 0. The normalized spacial score (nSPS) is 10.2. The predicted octanol–water partition coefficient (Wildman–Crippen LogP) is 6.06. The van der Waals surface area contributed by atoms with Crippen molar-refractivity contribution in [2.75, 3.05) is 7.11 Å². The number of methoxy groups -OCH3 is 1. The van der Waals surface area contributed by atoms with Gasteiger partial charge >= 0.3 is 0 Å². The molecule has 0 spiro atoms. The van der Waals surface area contributed by atoms with E-state index in [9.17, 15) is 8.78 Å². The standard InChI is InChI=1S/C28H18F2O/c1-31-19-24-12-9-22(10-13-24)7-4-20-2-5-21(6-3-20)8-11-23-14-15-25-17-27(29)28(30)18-26(25)16-23/h2-3,5-6,9-10,12-18H,19H2,1H3. The summed E-state index contributed by atoms with van der Waals surface area (Å²) in [5.74, 6) is 10.7. The number of hydrogen-bond acceptors (Lipinski definition) is 1. The molecule has 0 aliphatic rings. The number of ether oxygens (including phenoxy) is 1. The second-order valence-corrected chi connectivity index (χ2v) is 7.04. The van der Waals surface area contributed by atoms with E-state index in [4.69, 9.17) is 4.74 Å². The maximum absolute atomic E-state index is 13.5. The molecule has 0 heterocycles. The van der Waals surface area contributed by atoms with E-state index in [1.54, 1.807) is 25.3 Å². The van der Waals surface area contributed by atoms with Crippen molar-refractivity contribution in [1.82, 2.24) is 0 Å². The largest absolute Gasteiger partial charge is 0.380 e. The average Bonchev–Trinajstić information content (AvgIpc) is 2.79. The molecule has 0 saturated carbocycles. The van der Waals surface area contributed by atoms with Gasteiger partial charge in [-0.05, 0) is 77.0 Å². The summed E-state index contributed by atoms with van der Waals surface area (Å²) in [6.45, 7) is 0.588. The van der Waals surface area contributed by atoms with Crippen LogP contribution in [-0.2, 0) is 11.3 Å². The van der Waals surface area contributed by atoms with Crippen molar-refractivity contribution >= 4 is 10.8 Å². The summed E-state index contributed by atoms with van der Waals surface area (Å²) >= 11 is 0. The van der Waals surface area contributed by atoms with Crippen molar-refractivity contribution in [2.45, 2.75) is 6.61 Å². The minimum Gasteiger partial charge on any atom is -0.380 e. The fraction of sp³-hybridized carbons (Fsp3) is 0.0714. The van der Waals surface area contributed by atoms with Gasteiger partial charge in [-0.15, -0.1) is 0 Å². The summed E-state index contributed by atoms with van der Waals surface area (Å²) in [4.78, 5) is 0. The minimum absolute atomic E-state index is 0.588. The lowest BCUT2D eigenvalue weighted by Crippen LogP contribution is -1.86. The van der Waals surface area contributed by atoms with E-state index < -0.39 is 11.6 Å². The van der Waals surface area contributed by atoms with Crippen molar-refractivity contribution < 1.29 is 13.5 Å². The second kappa shape index (κ2) is 9.26. The Kier molecular flexibility index (Phi) is 6.08. The van der Waals surface area contributed by atoms with E-state index in [0.29, 0.717) is 17.4 Å². The lowest BCUT2D eigenvalue weighted by molar-refractivity contribution is 0.185. The lowest BCUT2D eigenvalue weighted by Gasteiger charge is -2.00. The first-order valence-corrected chi connectivity index (χ1v) is 9.71. The van der Waals surface area contributed by atoms with Crippen LogP contribution in [0.2, 0.25) is 0 Å². The van der Waals surface area contributed by atoms with E-state index in [-0.39, 0.29) is 0 Å². The summed E-state index contributed by atoms with van der Waals surface area (Å²) in [6.07, 6.45) is 0. The first-order valence-electron chi connectivity index (χ1n) is 9.71. The van der Waals surface area contributed by atoms with Gasteiger partial charge in [0.2, 0.25) is 0 Å². The van der Waals surface area contributed by atoms with Crippen LogP contribution in [0.3, 0.4) is 0 Å². The van der Waals surface area contributed by atoms with Gasteiger partial charge in [-0.1, -0.05) is 41.9 Å². The Morgan fingerprint density at radius 1 is 0.581 bits per heavy atom. The van der Waals surface area contributed by atoms with E-state index in [0.717, 1.165) is 27.8 Å². The molecule has 0 aliphatic carbocycles. The zero-order valence-corrected chi connectivity index (χ0v) is 16.9. The van der Waals surface area contributed by atoms with Crippen LogP contribution in [0.15, 0.2) is 78.9 Å². The molecule has 0 atom stereocenters. The van der Waals surface area contributed by atoms with Gasteiger partial charge in [0, 0.05) is 29.4 Å². The van der Waals surface area contributed by atoms with Gasteiger partial charge in [0.15, 0.2) is 11.6 Å². The van der Waals surface area contributed by atoms with E-state index in [2.05, 4.69) is 23.7 Å². The molecular formula is C28H18F2O. The van der Waals surface area contributed by atoms with E-state index in [1.807, 2.05) is 48.5 Å². The first-order chi connectivity index (χ1) is 15.1. The highest BCUT2D eigenvalue weighted by atomic mass is 19.2. The van der Waals surface area contributed by atoms with Gasteiger partial charge in [0.05, 0.1) is 6.61 Å². The zero-order valence-electron chi connectivity index (χ0n) is 16.9. The number of rotatable bonds is 2. The molecule has 4 aromatic rings. The quantitative estimate of drug-likeness (QED) is 0.366. The van der Waals surface area contributed by atoms with Crippen LogP contribution in [0, 0.1) is 35.3 Å². The lowest BCUT2D eigenvalue weighted by atomic mass is 10.1. The Balaban J connectivity index is 1.48. The molecule has 150 valence electrons. The number of benzene rings is 4. The third-order valence-corrected chi connectivity index (χ3v) is 4.73. The SMILES string of the molecule is COCc1ccc(C#Cc2ccc(C#Cc3ccc4cc(F)c(F)cc4c3)cc2)cc1. The van der Waals surface area contributed by atoms with E-state index in [1.165, 1.54) is 12.1 Å². The van der Waals surface area contributed by atoms with Crippen molar-refractivity contribution in [3.05, 3.63) is 118 Å². The molecule has 0 fully saturated rings. The van der Waals surface area contributed by atoms with Crippen LogP contribution >= 0.6 is 0 Å². The molecule has 4 rings (SSSR count). The van der Waals surface area contributed by atoms with Gasteiger partial charge in [-0.25, -0.2) is 8.78 Å². The van der Waals surface area contributed by atoms with Crippen LogP contribution in [0.5, 0.6) is 0 Å². The van der Waals surface area contributed by atoms with Crippen LogP contribution in [0.4, 0.5) is 8.78 Å². The molecule has 4 aromatic carbocycles. The van der Waals surface area contributed by atoms with Gasteiger partial charge in [-0.2, -0.15) is 0 Å². The molecule has 0 unspecified atom stereocenters. The molecule has 0 N–H and O–H groups in total. The highest BCUT2D eigenvalue weighted by Gasteiger charge is 2.04. The van der Waals surface area contributed by atoms with Crippen molar-refractivity contribution in [1.29, 1.82) is 0 Å². The highest BCUT2D eigenvalue weighted by molar-refractivity contribution is 5.84. The zero-order chi connectivity index (χ0) is 21.6. The molecule has 0 radical (unpaired) electrons.